The van der Waals surface area contributed by atoms with Crippen LogP contribution in [0.15, 0.2) is 30.3 Å². The second-order valence-corrected chi connectivity index (χ2v) is 4.78. The molecule has 1 heterocycles. The molecule has 0 aliphatic heterocycles. The summed E-state index contributed by atoms with van der Waals surface area (Å²) in [6.07, 6.45) is 0. The average molecular weight is 260 g/mol. The number of nitrogens with one attached hydrogen (secondary N) is 1. The average Bonchev–Trinajstić information content (AvgIpc) is 2.45. The summed E-state index contributed by atoms with van der Waals surface area (Å²) in [6.45, 7) is 2.78. The van der Waals surface area contributed by atoms with E-state index >= 15 is 0 Å². The van der Waals surface area contributed by atoms with Crippen molar-refractivity contribution in [1.82, 2.24) is 9.88 Å². The summed E-state index contributed by atoms with van der Waals surface area (Å²) in [5, 5.41) is 10.3. The smallest absolute Gasteiger partial charge is 0.145 e. The number of rotatable bonds is 5. The zero-order valence-electron chi connectivity index (χ0n) is 11.3. The number of para-hydroxylation sites is 1. The Morgan fingerprint density at radius 3 is 2.84 bits per heavy atom. The van der Waals surface area contributed by atoms with Gasteiger partial charge in [-0.1, -0.05) is 18.2 Å². The Labute approximate surface area is 113 Å². The Morgan fingerprint density at radius 1 is 1.42 bits per heavy atom. The third-order valence-corrected chi connectivity index (χ3v) is 3.38. The molecule has 5 heteroatoms. The van der Waals surface area contributed by atoms with Gasteiger partial charge in [-0.15, -0.1) is 0 Å². The summed E-state index contributed by atoms with van der Waals surface area (Å²) in [7, 11) is 1.97. The predicted molar refractivity (Wildman–Crippen MR) is 77.6 cm³/mol. The van der Waals surface area contributed by atoms with Crippen LogP contribution in [0.5, 0.6) is 0 Å². The molecule has 19 heavy (non-hydrogen) atoms. The summed E-state index contributed by atoms with van der Waals surface area (Å²) < 4.78 is 0. The first kappa shape index (κ1) is 13.7. The van der Waals surface area contributed by atoms with E-state index in [4.69, 9.17) is 5.84 Å². The molecule has 1 unspecified atom stereocenters. The van der Waals surface area contributed by atoms with Crippen molar-refractivity contribution in [2.24, 2.45) is 5.84 Å². The molecule has 0 bridgehead atoms. The predicted octanol–water partition coefficient (Wildman–Crippen LogP) is 1.33. The first-order chi connectivity index (χ1) is 9.15. The van der Waals surface area contributed by atoms with E-state index in [1.54, 1.807) is 0 Å². The number of aliphatic hydroxyl groups is 1. The standard InChI is InChI=1S/C14H20N4O/c1-10(9-19)18(2)8-12-7-11-5-3-4-6-13(11)16-14(12)17-15/h3-7,10,19H,8-9,15H2,1-2H3,(H,16,17). The molecule has 0 aliphatic carbocycles. The highest BCUT2D eigenvalue weighted by atomic mass is 16.3. The normalized spacial score (nSPS) is 12.9. The topological polar surface area (TPSA) is 74.4 Å². The molecule has 0 radical (unpaired) electrons. The zero-order valence-corrected chi connectivity index (χ0v) is 11.3. The van der Waals surface area contributed by atoms with Crippen LogP contribution in [-0.4, -0.2) is 34.7 Å². The Hall–Kier alpha value is -1.69. The number of nitrogens with two attached hydrogens (primary N) is 1. The lowest BCUT2D eigenvalue weighted by molar-refractivity contribution is 0.154. The Morgan fingerprint density at radius 2 is 2.16 bits per heavy atom. The van der Waals surface area contributed by atoms with Gasteiger partial charge in [0.2, 0.25) is 0 Å². The third-order valence-electron chi connectivity index (χ3n) is 3.38. The van der Waals surface area contributed by atoms with E-state index in [0.29, 0.717) is 12.4 Å². The molecule has 4 N–H and O–H groups in total. The molecule has 2 rings (SSSR count). The van der Waals surface area contributed by atoms with Crippen LogP contribution in [0, 0.1) is 0 Å². The van der Waals surface area contributed by atoms with Crippen molar-refractivity contribution in [2.45, 2.75) is 19.5 Å². The van der Waals surface area contributed by atoms with Gasteiger partial charge >= 0.3 is 0 Å². The highest BCUT2D eigenvalue weighted by Crippen LogP contribution is 2.21. The molecule has 1 aromatic heterocycles. The lowest BCUT2D eigenvalue weighted by Crippen LogP contribution is -2.32. The van der Waals surface area contributed by atoms with E-state index in [1.165, 1.54) is 0 Å². The number of hydrogen-bond acceptors (Lipinski definition) is 5. The van der Waals surface area contributed by atoms with Crippen molar-refractivity contribution in [3.63, 3.8) is 0 Å². The fourth-order valence-corrected chi connectivity index (χ4v) is 1.97. The second kappa shape index (κ2) is 5.97. The lowest BCUT2D eigenvalue weighted by atomic mass is 10.1. The quantitative estimate of drug-likeness (QED) is 0.558. The van der Waals surface area contributed by atoms with Gasteiger partial charge in [-0.25, -0.2) is 10.8 Å². The number of hydrazine groups is 1. The number of fused-ring (bicyclic) bond motifs is 1. The van der Waals surface area contributed by atoms with Crippen LogP contribution in [0.2, 0.25) is 0 Å². The summed E-state index contributed by atoms with van der Waals surface area (Å²) in [5.41, 5.74) is 4.58. The van der Waals surface area contributed by atoms with Crippen molar-refractivity contribution < 1.29 is 5.11 Å². The number of aliphatic hydroxyl groups excluding tert-OH is 1. The van der Waals surface area contributed by atoms with Crippen LogP contribution in [0.3, 0.4) is 0 Å². The van der Waals surface area contributed by atoms with Crippen LogP contribution in [0.1, 0.15) is 12.5 Å². The summed E-state index contributed by atoms with van der Waals surface area (Å²) >= 11 is 0. The van der Waals surface area contributed by atoms with Gasteiger partial charge < -0.3 is 10.5 Å². The van der Waals surface area contributed by atoms with Gasteiger partial charge in [-0.3, -0.25) is 4.90 Å². The van der Waals surface area contributed by atoms with Gasteiger partial charge in [0, 0.05) is 23.5 Å². The third kappa shape index (κ3) is 3.01. The van der Waals surface area contributed by atoms with Gasteiger partial charge in [-0.05, 0) is 26.1 Å². The van der Waals surface area contributed by atoms with Crippen LogP contribution < -0.4 is 11.3 Å². The minimum absolute atomic E-state index is 0.0945. The van der Waals surface area contributed by atoms with Crippen molar-refractivity contribution in [1.29, 1.82) is 0 Å². The lowest BCUT2D eigenvalue weighted by Gasteiger charge is -2.23. The minimum Gasteiger partial charge on any atom is -0.395 e. The van der Waals surface area contributed by atoms with E-state index in [-0.39, 0.29) is 12.6 Å². The van der Waals surface area contributed by atoms with E-state index in [2.05, 4.69) is 21.4 Å². The van der Waals surface area contributed by atoms with Crippen molar-refractivity contribution in [3.05, 3.63) is 35.9 Å². The SMILES string of the molecule is CC(CO)N(C)Cc1cc2ccccc2nc1NN. The van der Waals surface area contributed by atoms with Crippen molar-refractivity contribution in [3.8, 4) is 0 Å². The zero-order chi connectivity index (χ0) is 13.8. The number of benzene rings is 1. The van der Waals surface area contributed by atoms with Crippen LogP contribution in [0.4, 0.5) is 5.82 Å². The molecule has 102 valence electrons. The largest absolute Gasteiger partial charge is 0.395 e. The van der Waals surface area contributed by atoms with Crippen LogP contribution in [0.25, 0.3) is 10.9 Å². The van der Waals surface area contributed by atoms with Gasteiger partial charge in [0.15, 0.2) is 0 Å². The minimum atomic E-state index is 0.0945. The molecule has 0 amide bonds. The van der Waals surface area contributed by atoms with E-state index in [9.17, 15) is 5.11 Å². The van der Waals surface area contributed by atoms with Gasteiger partial charge in [0.1, 0.15) is 5.82 Å². The summed E-state index contributed by atoms with van der Waals surface area (Å²) in [4.78, 5) is 6.57. The Kier molecular flexibility index (Phi) is 4.31. The van der Waals surface area contributed by atoms with Crippen molar-refractivity contribution >= 4 is 16.7 Å². The number of hydrogen-bond donors (Lipinski definition) is 3. The number of pyridine rings is 1. The van der Waals surface area contributed by atoms with Gasteiger partial charge in [0.05, 0.1) is 12.1 Å². The van der Waals surface area contributed by atoms with E-state index in [1.807, 2.05) is 38.2 Å². The fraction of sp³-hybridized carbons (Fsp3) is 0.357. The molecule has 0 saturated carbocycles. The summed E-state index contributed by atoms with van der Waals surface area (Å²) in [5.74, 6) is 6.22. The number of nitrogen functional groups attached to an aromatic ring is 1. The molecule has 5 nitrogen and oxygen atoms in total. The molecule has 0 saturated heterocycles. The molecule has 0 spiro atoms. The van der Waals surface area contributed by atoms with E-state index < -0.39 is 0 Å². The fourth-order valence-electron chi connectivity index (χ4n) is 1.97. The monoisotopic (exact) mass is 260 g/mol. The highest BCUT2D eigenvalue weighted by Gasteiger charge is 2.12. The number of nitrogens with zero attached hydrogens (tertiary/aromatic N) is 2. The van der Waals surface area contributed by atoms with Gasteiger partial charge in [0.25, 0.3) is 0 Å². The molecule has 1 aromatic carbocycles. The summed E-state index contributed by atoms with van der Waals surface area (Å²) in [6, 6.07) is 10.1. The number of aromatic nitrogens is 1. The Balaban J connectivity index is 2.35. The highest BCUT2D eigenvalue weighted by molar-refractivity contribution is 5.81. The number of likely N-dealkylation sites (N-methyl/N-ethyl adjacent to an activating group) is 1. The Bertz CT molecular complexity index is 558. The maximum atomic E-state index is 9.18. The van der Waals surface area contributed by atoms with Crippen LogP contribution in [-0.2, 0) is 6.54 Å². The molecular formula is C14H20N4O. The molecule has 2 aromatic rings. The van der Waals surface area contributed by atoms with Gasteiger partial charge in [-0.2, -0.15) is 0 Å². The van der Waals surface area contributed by atoms with Crippen molar-refractivity contribution in [2.75, 3.05) is 19.1 Å². The maximum Gasteiger partial charge on any atom is 0.145 e. The van der Waals surface area contributed by atoms with Crippen LogP contribution >= 0.6 is 0 Å². The second-order valence-electron chi connectivity index (χ2n) is 4.78. The molecule has 0 fully saturated rings. The number of anilines is 1. The maximum absolute atomic E-state index is 9.18. The molecular weight excluding hydrogens is 240 g/mol. The first-order valence-corrected chi connectivity index (χ1v) is 6.32. The van der Waals surface area contributed by atoms with E-state index in [0.717, 1.165) is 16.5 Å². The molecule has 0 aliphatic rings. The first-order valence-electron chi connectivity index (χ1n) is 6.32. The molecule has 1 atom stereocenters.